The molecular formula is C22H24BrF3N2O2. The molecule has 0 radical (unpaired) electrons. The molecule has 1 atom stereocenters. The molecule has 1 aromatic carbocycles. The summed E-state index contributed by atoms with van der Waals surface area (Å²) in [5.74, 6) is 0. The molecule has 3 rings (SSSR count). The fourth-order valence-corrected chi connectivity index (χ4v) is 3.96. The third kappa shape index (κ3) is 4.55. The summed E-state index contributed by atoms with van der Waals surface area (Å²) in [6.07, 6.45) is -3.87. The number of benzene rings is 1. The summed E-state index contributed by atoms with van der Waals surface area (Å²) in [6.45, 7) is 4.51. The van der Waals surface area contributed by atoms with E-state index in [9.17, 15) is 18.3 Å². The Morgan fingerprint density at radius 1 is 1.20 bits per heavy atom. The molecule has 1 unspecified atom stereocenters. The zero-order chi connectivity index (χ0) is 22.3. The number of alkyl halides is 3. The van der Waals surface area contributed by atoms with Crippen LogP contribution in [0.2, 0.25) is 0 Å². The molecule has 4 nitrogen and oxygen atoms in total. The first-order valence-electron chi connectivity index (χ1n) is 9.43. The van der Waals surface area contributed by atoms with Gasteiger partial charge < -0.3 is 14.4 Å². The van der Waals surface area contributed by atoms with Gasteiger partial charge in [-0.1, -0.05) is 36.7 Å². The zero-order valence-corrected chi connectivity index (χ0v) is 18.8. The minimum absolute atomic E-state index is 0.137. The summed E-state index contributed by atoms with van der Waals surface area (Å²) in [7, 11) is 1.51. The Labute approximate surface area is 181 Å². The number of rotatable bonds is 5. The van der Waals surface area contributed by atoms with Crippen molar-refractivity contribution < 1.29 is 23.0 Å². The predicted octanol–water partition coefficient (Wildman–Crippen LogP) is 6.25. The molecule has 0 aliphatic carbocycles. The quantitative estimate of drug-likeness (QED) is 0.465. The van der Waals surface area contributed by atoms with Crippen LogP contribution in [0, 0.1) is 5.41 Å². The Kier molecular flexibility index (Phi) is 6.32. The second-order valence-corrected chi connectivity index (χ2v) is 9.24. The van der Waals surface area contributed by atoms with E-state index in [4.69, 9.17) is 4.74 Å². The highest BCUT2D eigenvalue weighted by molar-refractivity contribution is 9.10. The number of halogens is 4. The summed E-state index contributed by atoms with van der Waals surface area (Å²) < 4.78 is 48.0. The van der Waals surface area contributed by atoms with Crippen molar-refractivity contribution in [3.05, 3.63) is 52.3 Å². The third-order valence-electron chi connectivity index (χ3n) is 4.92. The summed E-state index contributed by atoms with van der Waals surface area (Å²) in [5.41, 5.74) is 1.58. The van der Waals surface area contributed by atoms with Crippen LogP contribution in [0.5, 0.6) is 0 Å². The van der Waals surface area contributed by atoms with Gasteiger partial charge in [-0.3, -0.25) is 4.98 Å². The van der Waals surface area contributed by atoms with Crippen LogP contribution in [0.4, 0.5) is 13.2 Å². The maximum atomic E-state index is 13.6. The van der Waals surface area contributed by atoms with Gasteiger partial charge in [0.1, 0.15) is 6.54 Å². The molecule has 2 aromatic heterocycles. The van der Waals surface area contributed by atoms with Gasteiger partial charge in [0.25, 0.3) is 0 Å². The highest BCUT2D eigenvalue weighted by Crippen LogP contribution is 2.45. The highest BCUT2D eigenvalue weighted by Gasteiger charge is 2.36. The van der Waals surface area contributed by atoms with Crippen molar-refractivity contribution in [2.75, 3.05) is 7.11 Å². The number of aliphatic hydroxyl groups is 1. The van der Waals surface area contributed by atoms with E-state index in [2.05, 4.69) is 20.9 Å². The fourth-order valence-electron chi connectivity index (χ4n) is 3.60. The van der Waals surface area contributed by atoms with Crippen LogP contribution in [0.1, 0.15) is 38.1 Å². The average Bonchev–Trinajstić information content (AvgIpc) is 2.92. The normalized spacial score (nSPS) is 13.8. The van der Waals surface area contributed by atoms with E-state index in [1.165, 1.54) is 11.7 Å². The number of hydrogen-bond donors (Lipinski definition) is 1. The summed E-state index contributed by atoms with van der Waals surface area (Å²) >= 11 is 3.41. The molecular weight excluding hydrogens is 461 g/mol. The first-order chi connectivity index (χ1) is 13.9. The number of pyridine rings is 1. The van der Waals surface area contributed by atoms with Crippen LogP contribution in [-0.2, 0) is 17.9 Å². The van der Waals surface area contributed by atoms with Gasteiger partial charge in [0.15, 0.2) is 0 Å². The molecule has 0 aliphatic heterocycles. The molecule has 2 heterocycles. The number of nitrogens with zero attached hydrogens (tertiary/aromatic N) is 2. The van der Waals surface area contributed by atoms with Crippen molar-refractivity contribution in [3.63, 3.8) is 0 Å². The summed E-state index contributed by atoms with van der Waals surface area (Å²) in [6, 6.07) is 8.48. The van der Waals surface area contributed by atoms with Crippen molar-refractivity contribution in [3.8, 4) is 11.3 Å². The van der Waals surface area contributed by atoms with Gasteiger partial charge in [0, 0.05) is 39.8 Å². The Balaban J connectivity index is 2.48. The number of methoxy groups -OCH3 is 1. The van der Waals surface area contributed by atoms with Gasteiger partial charge in [0.2, 0.25) is 0 Å². The zero-order valence-electron chi connectivity index (χ0n) is 17.2. The Morgan fingerprint density at radius 3 is 2.50 bits per heavy atom. The fraction of sp³-hybridized carbons (Fsp3) is 0.409. The van der Waals surface area contributed by atoms with Gasteiger partial charge in [-0.2, -0.15) is 13.2 Å². The average molecular weight is 485 g/mol. The molecule has 8 heteroatoms. The van der Waals surface area contributed by atoms with E-state index in [1.807, 2.05) is 20.8 Å². The second-order valence-electron chi connectivity index (χ2n) is 8.32. The van der Waals surface area contributed by atoms with Crippen LogP contribution >= 0.6 is 15.9 Å². The van der Waals surface area contributed by atoms with Crippen LogP contribution in [0.15, 0.2) is 41.0 Å². The van der Waals surface area contributed by atoms with Crippen molar-refractivity contribution >= 4 is 26.8 Å². The molecule has 0 amide bonds. The number of aromatic nitrogens is 2. The lowest BCUT2D eigenvalue weighted by atomic mass is 9.82. The van der Waals surface area contributed by atoms with Crippen molar-refractivity contribution in [1.82, 2.24) is 9.55 Å². The third-order valence-corrected chi connectivity index (χ3v) is 5.42. The van der Waals surface area contributed by atoms with Gasteiger partial charge in [0.05, 0.1) is 24.1 Å². The van der Waals surface area contributed by atoms with Gasteiger partial charge in [-0.15, -0.1) is 0 Å². The van der Waals surface area contributed by atoms with Gasteiger partial charge >= 0.3 is 6.18 Å². The van der Waals surface area contributed by atoms with E-state index in [0.29, 0.717) is 33.4 Å². The number of hydrogen-bond acceptors (Lipinski definition) is 3. The minimum Gasteiger partial charge on any atom is -0.388 e. The molecule has 0 aliphatic rings. The predicted molar refractivity (Wildman–Crippen MR) is 114 cm³/mol. The van der Waals surface area contributed by atoms with E-state index in [1.54, 1.807) is 36.5 Å². The topological polar surface area (TPSA) is 47.3 Å². The lowest BCUT2D eigenvalue weighted by molar-refractivity contribution is -0.139. The van der Waals surface area contributed by atoms with Gasteiger partial charge in [-0.05, 0) is 35.7 Å². The lowest BCUT2D eigenvalue weighted by Crippen LogP contribution is -2.21. The van der Waals surface area contributed by atoms with E-state index < -0.39 is 24.2 Å². The van der Waals surface area contributed by atoms with Crippen molar-refractivity contribution in [2.24, 2.45) is 5.41 Å². The maximum Gasteiger partial charge on any atom is 0.406 e. The monoisotopic (exact) mass is 484 g/mol. The van der Waals surface area contributed by atoms with E-state index >= 15 is 0 Å². The van der Waals surface area contributed by atoms with E-state index in [-0.39, 0.29) is 6.61 Å². The smallest absolute Gasteiger partial charge is 0.388 e. The molecule has 0 saturated heterocycles. The Morgan fingerprint density at radius 2 is 1.90 bits per heavy atom. The summed E-state index contributed by atoms with van der Waals surface area (Å²) in [5, 5.41) is 11.8. The molecule has 0 bridgehead atoms. The first kappa shape index (κ1) is 22.8. The Bertz CT molecular complexity index is 1050. The largest absolute Gasteiger partial charge is 0.406 e. The minimum atomic E-state index is -4.44. The second kappa shape index (κ2) is 8.32. The molecule has 1 N–H and O–H groups in total. The number of ether oxygens (including phenoxy) is 1. The first-order valence-corrected chi connectivity index (χ1v) is 10.2. The number of fused-ring (bicyclic) bond motifs is 1. The lowest BCUT2D eigenvalue weighted by Gasteiger charge is -2.27. The molecule has 3 aromatic rings. The van der Waals surface area contributed by atoms with Crippen molar-refractivity contribution in [2.45, 2.75) is 46.2 Å². The Hall–Kier alpha value is -1.90. The molecule has 30 heavy (non-hydrogen) atoms. The van der Waals surface area contributed by atoms with Crippen LogP contribution in [0.3, 0.4) is 0 Å². The van der Waals surface area contributed by atoms with Crippen molar-refractivity contribution in [1.29, 1.82) is 0 Å². The molecule has 0 saturated carbocycles. The summed E-state index contributed by atoms with van der Waals surface area (Å²) in [4.78, 5) is 4.32. The van der Waals surface area contributed by atoms with Crippen LogP contribution < -0.4 is 0 Å². The van der Waals surface area contributed by atoms with Gasteiger partial charge in [-0.25, -0.2) is 0 Å². The molecule has 162 valence electrons. The van der Waals surface area contributed by atoms with E-state index in [0.717, 1.165) is 4.47 Å². The standard InChI is InChI=1S/C22H24BrF3N2O2/c1-21(2,3)20(29)18-15-10-13(23)7-8-17(15)28(12-22(24,25)26)19(18)14-6-5-9-27-16(14)11-30-4/h5-10,20,29H,11-12H2,1-4H3. The maximum absolute atomic E-state index is 13.6. The molecule has 0 spiro atoms. The molecule has 0 fully saturated rings. The SMILES string of the molecule is COCc1ncccc1-c1c(C(O)C(C)(C)C)c2cc(Br)ccc2n1CC(F)(F)F. The highest BCUT2D eigenvalue weighted by atomic mass is 79.9. The van der Waals surface area contributed by atoms with Crippen LogP contribution in [-0.4, -0.2) is 27.9 Å². The number of aliphatic hydroxyl groups excluding tert-OH is 1. The van der Waals surface area contributed by atoms with Crippen LogP contribution in [0.25, 0.3) is 22.2 Å².